The van der Waals surface area contributed by atoms with Crippen LogP contribution in [0.1, 0.15) is 12.8 Å². The number of nitro groups is 1. The molecule has 0 spiro atoms. The van der Waals surface area contributed by atoms with Crippen LogP contribution in [0.25, 0.3) is 0 Å². The molecule has 2 aromatic carbocycles. The lowest BCUT2D eigenvalue weighted by atomic mass is 10.3. The lowest BCUT2D eigenvalue weighted by molar-refractivity contribution is -0.384. The first-order chi connectivity index (χ1) is 14.4. The third-order valence-electron chi connectivity index (χ3n) is 3.91. The minimum Gasteiger partial charge on any atom is -0.494 e. The van der Waals surface area contributed by atoms with Crippen LogP contribution in [0, 0.1) is 10.1 Å². The molecule has 0 aliphatic rings. The van der Waals surface area contributed by atoms with Gasteiger partial charge in [0.2, 0.25) is 15.7 Å². The highest BCUT2D eigenvalue weighted by Crippen LogP contribution is 2.29. The average Bonchev–Trinajstić information content (AvgIpc) is 3.21. The van der Waals surface area contributed by atoms with Crippen molar-refractivity contribution in [3.8, 4) is 5.75 Å². The summed E-state index contributed by atoms with van der Waals surface area (Å²) in [6.07, 6.45) is 1.83. The predicted molar refractivity (Wildman–Crippen MR) is 110 cm³/mol. The number of sulfone groups is 1. The summed E-state index contributed by atoms with van der Waals surface area (Å²) in [5, 5.41) is 13.4. The first-order valence-corrected chi connectivity index (χ1v) is 11.1. The Morgan fingerprint density at radius 1 is 1.13 bits per heavy atom. The summed E-state index contributed by atoms with van der Waals surface area (Å²) >= 11 is 0.813. The lowest BCUT2D eigenvalue weighted by Crippen LogP contribution is -2.12. The zero-order valence-corrected chi connectivity index (χ0v) is 17.2. The van der Waals surface area contributed by atoms with Gasteiger partial charge in [0.25, 0.3) is 5.69 Å². The number of carbonyl (C=O) groups excluding carboxylic acids is 1. The SMILES string of the molecule is O=C(CCCOc1ccccc1)Nc1ncc(S(=O)(=O)c2ccc([N+](=O)[O-])cc2)s1. The standard InChI is InChI=1S/C19H17N3O6S2/c23-17(7-4-12-28-15-5-2-1-3-6-15)21-19-20-13-18(29-19)30(26,27)16-10-8-14(9-11-16)22(24)25/h1-3,5-6,8-11,13H,4,7,12H2,(H,20,21,23). The van der Waals surface area contributed by atoms with Crippen LogP contribution in [0.15, 0.2) is 69.9 Å². The molecule has 30 heavy (non-hydrogen) atoms. The molecule has 11 heteroatoms. The molecule has 0 saturated carbocycles. The highest BCUT2D eigenvalue weighted by Gasteiger charge is 2.22. The van der Waals surface area contributed by atoms with Crippen LogP contribution >= 0.6 is 11.3 Å². The number of hydrogen-bond donors (Lipinski definition) is 1. The van der Waals surface area contributed by atoms with E-state index in [1.165, 1.54) is 0 Å². The van der Waals surface area contributed by atoms with Crippen LogP contribution in [0.2, 0.25) is 0 Å². The van der Waals surface area contributed by atoms with E-state index in [4.69, 9.17) is 4.74 Å². The number of benzene rings is 2. The number of nitro benzene ring substituents is 1. The van der Waals surface area contributed by atoms with Crippen LogP contribution in [0.3, 0.4) is 0 Å². The number of amides is 1. The number of non-ortho nitro benzene ring substituents is 1. The Bertz CT molecular complexity index is 1130. The molecule has 156 valence electrons. The van der Waals surface area contributed by atoms with Crippen LogP contribution in [-0.2, 0) is 14.6 Å². The van der Waals surface area contributed by atoms with Gasteiger partial charge in [0.1, 0.15) is 9.96 Å². The maximum Gasteiger partial charge on any atom is 0.269 e. The van der Waals surface area contributed by atoms with Crippen molar-refractivity contribution < 1.29 is 22.9 Å². The number of nitrogens with one attached hydrogen (secondary N) is 1. The smallest absolute Gasteiger partial charge is 0.269 e. The summed E-state index contributed by atoms with van der Waals surface area (Å²) in [7, 11) is -3.89. The molecule has 1 amide bonds. The molecule has 1 N–H and O–H groups in total. The molecule has 1 aromatic heterocycles. The summed E-state index contributed by atoms with van der Waals surface area (Å²) in [5.74, 6) is 0.416. The lowest BCUT2D eigenvalue weighted by Gasteiger charge is -2.05. The van der Waals surface area contributed by atoms with E-state index >= 15 is 0 Å². The van der Waals surface area contributed by atoms with Crippen LogP contribution < -0.4 is 10.1 Å². The zero-order valence-electron chi connectivity index (χ0n) is 15.6. The Labute approximate surface area is 176 Å². The average molecular weight is 447 g/mol. The molecule has 0 aliphatic carbocycles. The molecular formula is C19H17N3O6S2. The van der Waals surface area contributed by atoms with Crippen LogP contribution in [0.5, 0.6) is 5.75 Å². The second-order valence-corrected chi connectivity index (χ2v) is 9.26. The topological polar surface area (TPSA) is 128 Å². The summed E-state index contributed by atoms with van der Waals surface area (Å²) in [6, 6.07) is 13.8. The molecule has 0 unspecified atom stereocenters. The van der Waals surface area contributed by atoms with Gasteiger partial charge >= 0.3 is 0 Å². The fraction of sp³-hybridized carbons (Fsp3) is 0.158. The van der Waals surface area contributed by atoms with Gasteiger partial charge in [-0.3, -0.25) is 14.9 Å². The number of para-hydroxylation sites is 1. The fourth-order valence-electron chi connectivity index (χ4n) is 2.43. The maximum absolute atomic E-state index is 12.6. The second-order valence-electron chi connectivity index (χ2n) is 6.05. The van der Waals surface area contributed by atoms with E-state index in [-0.39, 0.29) is 32.3 Å². The number of rotatable bonds is 9. The number of ether oxygens (including phenoxy) is 1. The number of thiazole rings is 1. The van der Waals surface area contributed by atoms with Gasteiger partial charge in [0.15, 0.2) is 5.13 Å². The Balaban J connectivity index is 1.54. The monoisotopic (exact) mass is 447 g/mol. The van der Waals surface area contributed by atoms with Crippen LogP contribution in [0.4, 0.5) is 10.8 Å². The minimum atomic E-state index is -3.89. The number of nitrogens with zero attached hydrogens (tertiary/aromatic N) is 2. The Morgan fingerprint density at radius 3 is 2.50 bits per heavy atom. The zero-order chi connectivity index (χ0) is 21.6. The van der Waals surface area contributed by atoms with Crippen molar-refractivity contribution in [2.45, 2.75) is 21.9 Å². The van der Waals surface area contributed by atoms with E-state index in [0.717, 1.165) is 47.5 Å². The molecule has 0 aliphatic heterocycles. The Hall–Kier alpha value is -3.31. The van der Waals surface area contributed by atoms with Crippen molar-refractivity contribution in [3.63, 3.8) is 0 Å². The molecule has 3 aromatic rings. The van der Waals surface area contributed by atoms with E-state index in [1.807, 2.05) is 30.3 Å². The highest BCUT2D eigenvalue weighted by atomic mass is 32.2. The summed E-state index contributed by atoms with van der Waals surface area (Å²) in [6.45, 7) is 0.370. The molecule has 0 atom stereocenters. The van der Waals surface area contributed by atoms with Gasteiger partial charge in [-0.15, -0.1) is 0 Å². The molecule has 0 radical (unpaired) electrons. The molecule has 0 saturated heterocycles. The van der Waals surface area contributed by atoms with Crippen molar-refractivity contribution in [1.29, 1.82) is 0 Å². The van der Waals surface area contributed by atoms with E-state index in [1.54, 1.807) is 0 Å². The summed E-state index contributed by atoms with van der Waals surface area (Å²) in [5.41, 5.74) is -0.206. The number of hydrogen-bond acceptors (Lipinski definition) is 8. The van der Waals surface area contributed by atoms with Gasteiger partial charge in [-0.05, 0) is 30.7 Å². The van der Waals surface area contributed by atoms with E-state index in [2.05, 4.69) is 10.3 Å². The quantitative estimate of drug-likeness (QED) is 0.301. The first-order valence-electron chi connectivity index (χ1n) is 8.79. The number of aromatic nitrogens is 1. The molecule has 0 fully saturated rings. The van der Waals surface area contributed by atoms with Crippen LogP contribution in [-0.4, -0.2) is 30.8 Å². The van der Waals surface area contributed by atoms with Gasteiger partial charge in [-0.25, -0.2) is 13.4 Å². The van der Waals surface area contributed by atoms with E-state index in [9.17, 15) is 23.3 Å². The van der Waals surface area contributed by atoms with Crippen molar-refractivity contribution in [3.05, 3.63) is 70.9 Å². The Morgan fingerprint density at radius 2 is 1.83 bits per heavy atom. The van der Waals surface area contributed by atoms with Crippen molar-refractivity contribution in [2.75, 3.05) is 11.9 Å². The minimum absolute atomic E-state index is 0.0703. The van der Waals surface area contributed by atoms with Crippen molar-refractivity contribution in [2.24, 2.45) is 0 Å². The van der Waals surface area contributed by atoms with Gasteiger partial charge in [0.05, 0.1) is 22.6 Å². The van der Waals surface area contributed by atoms with Gasteiger partial charge < -0.3 is 10.1 Å². The van der Waals surface area contributed by atoms with E-state index < -0.39 is 14.8 Å². The van der Waals surface area contributed by atoms with Crippen molar-refractivity contribution in [1.82, 2.24) is 4.98 Å². The first kappa shape index (κ1) is 21.4. The predicted octanol–water partition coefficient (Wildman–Crippen LogP) is 3.68. The molecule has 0 bridgehead atoms. The van der Waals surface area contributed by atoms with E-state index in [0.29, 0.717) is 13.0 Å². The fourth-order valence-corrected chi connectivity index (χ4v) is 4.87. The van der Waals surface area contributed by atoms with Crippen molar-refractivity contribution >= 4 is 37.9 Å². The van der Waals surface area contributed by atoms with Gasteiger partial charge in [0, 0.05) is 18.6 Å². The van der Waals surface area contributed by atoms with Gasteiger partial charge in [-0.1, -0.05) is 29.5 Å². The highest BCUT2D eigenvalue weighted by molar-refractivity contribution is 7.93. The summed E-state index contributed by atoms with van der Waals surface area (Å²) < 4.78 is 30.7. The largest absolute Gasteiger partial charge is 0.494 e. The summed E-state index contributed by atoms with van der Waals surface area (Å²) in [4.78, 5) is 26.0. The normalized spacial score (nSPS) is 11.1. The maximum atomic E-state index is 12.6. The molecule has 3 rings (SSSR count). The second kappa shape index (κ2) is 9.46. The van der Waals surface area contributed by atoms with Gasteiger partial charge in [-0.2, -0.15) is 0 Å². The third kappa shape index (κ3) is 5.39. The molecule has 1 heterocycles. The number of anilines is 1. The number of carbonyl (C=O) groups is 1. The Kier molecular flexibility index (Phi) is 6.75. The third-order valence-corrected chi connectivity index (χ3v) is 7.06. The molecule has 9 nitrogen and oxygen atoms in total. The molecular weight excluding hydrogens is 430 g/mol.